The molecular weight excluding hydrogens is 709 g/mol. The second kappa shape index (κ2) is 11.8. The van der Waals surface area contributed by atoms with Crippen molar-refractivity contribution in [2.45, 2.75) is 37.5 Å². The van der Waals surface area contributed by atoms with Crippen molar-refractivity contribution in [1.29, 1.82) is 0 Å². The second-order valence-electron chi connectivity index (χ2n) is 16.4. The smallest absolute Gasteiger partial charge is 0.0547 e. The molecule has 0 aliphatic heterocycles. The van der Waals surface area contributed by atoms with E-state index in [0.29, 0.717) is 0 Å². The Hall–Kier alpha value is -6.42. The number of fused-ring (bicyclic) bond motifs is 14. The fourth-order valence-electron chi connectivity index (χ4n) is 11.0. The first-order valence-electron chi connectivity index (χ1n) is 20.5. The molecule has 13 rings (SSSR count). The molecule has 57 heavy (non-hydrogen) atoms. The molecule has 8 aromatic carbocycles. The number of aromatic nitrogens is 2. The van der Waals surface area contributed by atoms with Gasteiger partial charge in [0.25, 0.3) is 0 Å². The summed E-state index contributed by atoms with van der Waals surface area (Å²) >= 11 is 1.87. The van der Waals surface area contributed by atoms with Crippen LogP contribution in [0.2, 0.25) is 0 Å². The molecule has 0 amide bonds. The lowest BCUT2D eigenvalue weighted by Gasteiger charge is -2.36. The molecule has 2 aliphatic carbocycles. The van der Waals surface area contributed by atoms with E-state index in [0.717, 1.165) is 0 Å². The van der Waals surface area contributed by atoms with E-state index in [-0.39, 0.29) is 5.41 Å². The van der Waals surface area contributed by atoms with Crippen LogP contribution >= 0.6 is 11.3 Å². The molecule has 0 atom stereocenters. The van der Waals surface area contributed by atoms with Gasteiger partial charge in [0.1, 0.15) is 0 Å². The third kappa shape index (κ3) is 4.41. The molecule has 2 aliphatic rings. The van der Waals surface area contributed by atoms with Crippen LogP contribution in [0.5, 0.6) is 0 Å². The van der Waals surface area contributed by atoms with Crippen LogP contribution in [0.15, 0.2) is 170 Å². The molecule has 3 aromatic heterocycles. The van der Waals surface area contributed by atoms with E-state index in [9.17, 15) is 0 Å². The Morgan fingerprint density at radius 1 is 0.368 bits per heavy atom. The first-order chi connectivity index (χ1) is 28.2. The van der Waals surface area contributed by atoms with Crippen LogP contribution in [0, 0.1) is 0 Å². The summed E-state index contributed by atoms with van der Waals surface area (Å²) in [5.41, 5.74) is 15.9. The minimum atomic E-state index is 0.122. The van der Waals surface area contributed by atoms with E-state index < -0.39 is 0 Å². The molecule has 3 heterocycles. The van der Waals surface area contributed by atoms with Crippen LogP contribution in [-0.2, 0) is 5.41 Å². The standard InChI is InChI=1S/C54H38N2S/c1-3-13-36(14-4-1)55-50-30-35(21-24-40(50)44-32-47-42(33-51(44)55)38-15-5-8-18-46(38)54(47)27-11-2-12-28-54)34-22-25-49-43(29-34)39-16-6-9-19-48(39)56(49)37-23-26-53-45(31-37)41-17-7-10-20-52(41)57-53/h1,3-10,13-26,29-33H,2,11-12,27-28H2. The van der Waals surface area contributed by atoms with Gasteiger partial charge in [-0.3, -0.25) is 0 Å². The number of para-hydroxylation sites is 2. The average Bonchev–Trinajstić information content (AvgIpc) is 3.98. The monoisotopic (exact) mass is 746 g/mol. The number of rotatable bonds is 3. The molecule has 11 aromatic rings. The molecule has 270 valence electrons. The third-order valence-electron chi connectivity index (χ3n) is 13.5. The van der Waals surface area contributed by atoms with Crippen molar-refractivity contribution in [3.63, 3.8) is 0 Å². The number of hydrogen-bond donors (Lipinski definition) is 0. The molecule has 1 saturated carbocycles. The van der Waals surface area contributed by atoms with E-state index in [1.165, 1.54) is 130 Å². The van der Waals surface area contributed by atoms with Gasteiger partial charge in [-0.1, -0.05) is 116 Å². The van der Waals surface area contributed by atoms with Gasteiger partial charge in [0.15, 0.2) is 0 Å². The van der Waals surface area contributed by atoms with Crippen molar-refractivity contribution in [2.24, 2.45) is 0 Å². The maximum absolute atomic E-state index is 2.59. The lowest BCUT2D eigenvalue weighted by molar-refractivity contribution is 0.353. The van der Waals surface area contributed by atoms with Crippen LogP contribution < -0.4 is 0 Å². The Kier molecular flexibility index (Phi) is 6.57. The fraction of sp³-hybridized carbons (Fsp3) is 0.111. The molecule has 0 radical (unpaired) electrons. The maximum Gasteiger partial charge on any atom is 0.0547 e. The zero-order valence-electron chi connectivity index (χ0n) is 31.5. The lowest BCUT2D eigenvalue weighted by Crippen LogP contribution is -2.27. The Bertz CT molecular complexity index is 3440. The number of hydrogen-bond acceptors (Lipinski definition) is 1. The number of thiophene rings is 1. The largest absolute Gasteiger partial charge is 0.309 e. The van der Waals surface area contributed by atoms with Crippen molar-refractivity contribution in [2.75, 3.05) is 0 Å². The topological polar surface area (TPSA) is 9.86 Å². The van der Waals surface area contributed by atoms with Crippen LogP contribution in [-0.4, -0.2) is 9.13 Å². The molecule has 3 heteroatoms. The van der Waals surface area contributed by atoms with Crippen LogP contribution in [0.3, 0.4) is 0 Å². The summed E-state index contributed by atoms with van der Waals surface area (Å²) in [4.78, 5) is 0. The molecule has 1 spiro atoms. The van der Waals surface area contributed by atoms with Gasteiger partial charge in [0.05, 0.1) is 22.1 Å². The normalized spacial score (nSPS) is 14.8. The summed E-state index contributed by atoms with van der Waals surface area (Å²) in [6.45, 7) is 0. The van der Waals surface area contributed by atoms with Crippen LogP contribution in [0.4, 0.5) is 0 Å². The van der Waals surface area contributed by atoms with Gasteiger partial charge in [-0.15, -0.1) is 11.3 Å². The highest BCUT2D eigenvalue weighted by atomic mass is 32.1. The lowest BCUT2D eigenvalue weighted by atomic mass is 9.68. The molecular formula is C54H38N2S. The zero-order valence-corrected chi connectivity index (χ0v) is 32.3. The van der Waals surface area contributed by atoms with Gasteiger partial charge in [0, 0.05) is 58.5 Å². The minimum absolute atomic E-state index is 0.122. The van der Waals surface area contributed by atoms with Crippen molar-refractivity contribution in [1.82, 2.24) is 9.13 Å². The number of benzene rings is 8. The second-order valence-corrected chi connectivity index (χ2v) is 17.5. The summed E-state index contributed by atoms with van der Waals surface area (Å²) in [5.74, 6) is 0. The molecule has 0 bridgehead atoms. The quantitative estimate of drug-likeness (QED) is 0.170. The fourth-order valence-corrected chi connectivity index (χ4v) is 12.1. The van der Waals surface area contributed by atoms with E-state index in [2.05, 4.69) is 179 Å². The van der Waals surface area contributed by atoms with Crippen molar-refractivity contribution in [3.8, 4) is 33.6 Å². The Morgan fingerprint density at radius 3 is 1.95 bits per heavy atom. The first kappa shape index (κ1) is 31.7. The highest BCUT2D eigenvalue weighted by molar-refractivity contribution is 7.25. The Morgan fingerprint density at radius 2 is 1.04 bits per heavy atom. The maximum atomic E-state index is 2.59. The summed E-state index contributed by atoms with van der Waals surface area (Å²) in [7, 11) is 0. The van der Waals surface area contributed by atoms with Crippen LogP contribution in [0.25, 0.3) is 97.4 Å². The molecule has 2 nitrogen and oxygen atoms in total. The van der Waals surface area contributed by atoms with Crippen LogP contribution in [0.1, 0.15) is 43.2 Å². The summed E-state index contributed by atoms with van der Waals surface area (Å²) in [6, 6.07) is 64.2. The van der Waals surface area contributed by atoms with Gasteiger partial charge in [-0.05, 0) is 119 Å². The predicted molar refractivity (Wildman–Crippen MR) is 243 cm³/mol. The van der Waals surface area contributed by atoms with E-state index in [4.69, 9.17) is 0 Å². The summed E-state index contributed by atoms with van der Waals surface area (Å²) in [6.07, 6.45) is 6.41. The van der Waals surface area contributed by atoms with Crippen molar-refractivity contribution >= 4 is 75.1 Å². The SMILES string of the molecule is c1ccc(-n2c3cc(-c4ccc5c(c4)c4ccccc4n5-c4ccc5sc6ccccc6c5c4)ccc3c3cc4c(cc32)-c2ccccc2C42CCCCC2)cc1. The highest BCUT2D eigenvalue weighted by Gasteiger charge is 2.44. The Labute approximate surface area is 334 Å². The zero-order chi connectivity index (χ0) is 37.2. The van der Waals surface area contributed by atoms with Crippen molar-refractivity contribution in [3.05, 3.63) is 181 Å². The highest BCUT2D eigenvalue weighted by Crippen LogP contribution is 2.57. The average molecular weight is 747 g/mol. The Balaban J connectivity index is 1.02. The summed E-state index contributed by atoms with van der Waals surface area (Å²) in [5, 5.41) is 7.86. The van der Waals surface area contributed by atoms with Gasteiger partial charge < -0.3 is 9.13 Å². The van der Waals surface area contributed by atoms with Gasteiger partial charge >= 0.3 is 0 Å². The molecule has 0 unspecified atom stereocenters. The molecule has 1 fully saturated rings. The molecule has 0 saturated heterocycles. The number of nitrogens with zero attached hydrogens (tertiary/aromatic N) is 2. The van der Waals surface area contributed by atoms with E-state index in [1.54, 1.807) is 11.1 Å². The van der Waals surface area contributed by atoms with E-state index >= 15 is 0 Å². The molecule has 0 N–H and O–H groups in total. The van der Waals surface area contributed by atoms with Crippen molar-refractivity contribution < 1.29 is 0 Å². The summed E-state index contributed by atoms with van der Waals surface area (Å²) < 4.78 is 7.63. The third-order valence-corrected chi connectivity index (χ3v) is 14.7. The predicted octanol–water partition coefficient (Wildman–Crippen LogP) is 15.1. The van der Waals surface area contributed by atoms with Gasteiger partial charge in [0.2, 0.25) is 0 Å². The first-order valence-corrected chi connectivity index (χ1v) is 21.3. The van der Waals surface area contributed by atoms with Gasteiger partial charge in [-0.25, -0.2) is 0 Å². The van der Waals surface area contributed by atoms with Gasteiger partial charge in [-0.2, -0.15) is 0 Å². The van der Waals surface area contributed by atoms with E-state index in [1.807, 2.05) is 11.3 Å². The minimum Gasteiger partial charge on any atom is -0.309 e.